The number of rotatable bonds is 3. The van der Waals surface area contributed by atoms with E-state index in [9.17, 15) is 5.11 Å². The number of ether oxygens (including phenoxy) is 1. The Morgan fingerprint density at radius 1 is 1.41 bits per heavy atom. The minimum absolute atomic E-state index is 0.352. The Balaban J connectivity index is 1.62. The van der Waals surface area contributed by atoms with E-state index in [1.54, 1.807) is 6.07 Å². The largest absolute Gasteiger partial charge is 0.508 e. The van der Waals surface area contributed by atoms with E-state index in [2.05, 4.69) is 21.2 Å². The van der Waals surface area contributed by atoms with Crippen LogP contribution >= 0.6 is 15.9 Å². The molecule has 3 atom stereocenters. The van der Waals surface area contributed by atoms with Crippen molar-refractivity contribution in [3.8, 4) is 5.75 Å². The van der Waals surface area contributed by atoms with E-state index in [-0.39, 0.29) is 0 Å². The Kier molecular flexibility index (Phi) is 3.11. The zero-order chi connectivity index (χ0) is 11.8. The number of halogens is 1. The third-order valence-electron chi connectivity index (χ3n) is 3.70. The van der Waals surface area contributed by atoms with E-state index in [0.29, 0.717) is 30.5 Å². The minimum Gasteiger partial charge on any atom is -0.508 e. The maximum atomic E-state index is 9.75. The molecule has 2 saturated heterocycles. The summed E-state index contributed by atoms with van der Waals surface area (Å²) in [4.78, 5) is 0. The van der Waals surface area contributed by atoms with Gasteiger partial charge in [0.05, 0.1) is 12.2 Å². The molecule has 0 saturated carbocycles. The molecule has 4 heteroatoms. The molecule has 3 nitrogen and oxygen atoms in total. The van der Waals surface area contributed by atoms with Gasteiger partial charge in [0.25, 0.3) is 0 Å². The quantitative estimate of drug-likeness (QED) is 0.901. The summed E-state index contributed by atoms with van der Waals surface area (Å²) in [5.41, 5.74) is 0.933. The molecule has 2 aliphatic heterocycles. The molecule has 2 fully saturated rings. The third-order valence-corrected chi connectivity index (χ3v) is 4.20. The van der Waals surface area contributed by atoms with Gasteiger partial charge in [0.1, 0.15) is 5.75 Å². The highest BCUT2D eigenvalue weighted by Gasteiger charge is 2.40. The zero-order valence-electron chi connectivity index (χ0n) is 9.53. The van der Waals surface area contributed by atoms with Crippen molar-refractivity contribution in [1.29, 1.82) is 0 Å². The van der Waals surface area contributed by atoms with Crippen LogP contribution in [0.2, 0.25) is 0 Å². The molecule has 17 heavy (non-hydrogen) atoms. The molecule has 92 valence electrons. The molecule has 0 radical (unpaired) electrons. The van der Waals surface area contributed by atoms with Crippen molar-refractivity contribution in [2.45, 2.75) is 44.1 Å². The lowest BCUT2D eigenvalue weighted by Crippen LogP contribution is -2.36. The second-order valence-corrected chi connectivity index (χ2v) is 5.79. The summed E-state index contributed by atoms with van der Waals surface area (Å²) in [5, 5.41) is 13.2. The van der Waals surface area contributed by atoms with Crippen molar-refractivity contribution in [2.75, 3.05) is 0 Å². The van der Waals surface area contributed by atoms with E-state index in [0.717, 1.165) is 16.5 Å². The maximum absolute atomic E-state index is 9.75. The number of fused-ring (bicyclic) bond motifs is 2. The predicted molar refractivity (Wildman–Crippen MR) is 68.9 cm³/mol. The maximum Gasteiger partial charge on any atom is 0.120 e. The predicted octanol–water partition coefficient (Wildman–Crippen LogP) is 2.56. The first-order valence-electron chi connectivity index (χ1n) is 6.08. The fourth-order valence-corrected chi connectivity index (χ4v) is 3.20. The second-order valence-electron chi connectivity index (χ2n) is 4.87. The molecule has 0 amide bonds. The Bertz CT molecular complexity index is 424. The normalized spacial score (nSPS) is 31.0. The van der Waals surface area contributed by atoms with Crippen molar-refractivity contribution in [3.05, 3.63) is 28.2 Å². The second kappa shape index (κ2) is 4.59. The van der Waals surface area contributed by atoms with Crippen LogP contribution in [0.4, 0.5) is 0 Å². The summed E-state index contributed by atoms with van der Waals surface area (Å²) < 4.78 is 6.79. The van der Waals surface area contributed by atoms with Gasteiger partial charge in [0.15, 0.2) is 0 Å². The van der Waals surface area contributed by atoms with Gasteiger partial charge < -0.3 is 15.2 Å². The van der Waals surface area contributed by atoms with Gasteiger partial charge >= 0.3 is 0 Å². The SMILES string of the molecule is Oc1ccc(Br)cc1CNC1CC2CCC1O2. The average molecular weight is 298 g/mol. The summed E-state index contributed by atoms with van der Waals surface area (Å²) in [6.07, 6.45) is 4.35. The number of phenols is 1. The first-order valence-corrected chi connectivity index (χ1v) is 6.88. The fourth-order valence-electron chi connectivity index (χ4n) is 2.79. The van der Waals surface area contributed by atoms with Crippen LogP contribution in [0.25, 0.3) is 0 Å². The summed E-state index contributed by atoms with van der Waals surface area (Å²) in [7, 11) is 0. The van der Waals surface area contributed by atoms with Crippen LogP contribution in [0.1, 0.15) is 24.8 Å². The van der Waals surface area contributed by atoms with Crippen LogP contribution in [0, 0.1) is 0 Å². The summed E-state index contributed by atoms with van der Waals surface area (Å²) in [5.74, 6) is 0.352. The van der Waals surface area contributed by atoms with Crippen molar-refractivity contribution in [2.24, 2.45) is 0 Å². The molecule has 2 bridgehead atoms. The van der Waals surface area contributed by atoms with Crippen LogP contribution in [-0.4, -0.2) is 23.4 Å². The lowest BCUT2D eigenvalue weighted by Gasteiger charge is -2.20. The number of hydrogen-bond acceptors (Lipinski definition) is 3. The first kappa shape index (κ1) is 11.5. The minimum atomic E-state index is 0.352. The molecule has 2 aliphatic rings. The van der Waals surface area contributed by atoms with Gasteiger partial charge in [0, 0.05) is 22.6 Å². The highest BCUT2D eigenvalue weighted by atomic mass is 79.9. The van der Waals surface area contributed by atoms with Crippen LogP contribution < -0.4 is 5.32 Å². The average Bonchev–Trinajstić information content (AvgIpc) is 2.92. The highest BCUT2D eigenvalue weighted by Crippen LogP contribution is 2.34. The standard InChI is InChI=1S/C13H16BrNO2/c14-9-1-3-12(16)8(5-9)7-15-11-6-10-2-4-13(11)17-10/h1,3,5,10-11,13,15-16H,2,4,6-7H2. The van der Waals surface area contributed by atoms with E-state index in [4.69, 9.17) is 4.74 Å². The third kappa shape index (κ3) is 2.34. The zero-order valence-corrected chi connectivity index (χ0v) is 11.1. The molecule has 1 aromatic carbocycles. The number of benzene rings is 1. The number of phenolic OH excluding ortho intramolecular Hbond substituents is 1. The van der Waals surface area contributed by atoms with E-state index < -0.39 is 0 Å². The Morgan fingerprint density at radius 2 is 2.29 bits per heavy atom. The summed E-state index contributed by atoms with van der Waals surface area (Å²) >= 11 is 3.42. The monoisotopic (exact) mass is 297 g/mol. The number of nitrogens with one attached hydrogen (secondary N) is 1. The first-order chi connectivity index (χ1) is 8.22. The molecule has 2 N–H and O–H groups in total. The van der Waals surface area contributed by atoms with Crippen LogP contribution in [0.3, 0.4) is 0 Å². The molecule has 0 aromatic heterocycles. The van der Waals surface area contributed by atoms with Gasteiger partial charge in [-0.1, -0.05) is 15.9 Å². The molecule has 3 unspecified atom stereocenters. The number of hydrogen-bond donors (Lipinski definition) is 2. The van der Waals surface area contributed by atoms with Gasteiger partial charge in [-0.05, 0) is 37.5 Å². The topological polar surface area (TPSA) is 41.5 Å². The molecule has 2 heterocycles. The molecule has 1 aromatic rings. The summed E-state index contributed by atoms with van der Waals surface area (Å²) in [6.45, 7) is 0.697. The molecular formula is C13H16BrNO2. The van der Waals surface area contributed by atoms with Crippen molar-refractivity contribution in [1.82, 2.24) is 5.32 Å². The van der Waals surface area contributed by atoms with Crippen LogP contribution in [0.15, 0.2) is 22.7 Å². The lowest BCUT2D eigenvalue weighted by atomic mass is 9.95. The van der Waals surface area contributed by atoms with Gasteiger partial charge in [-0.15, -0.1) is 0 Å². The Labute approximate surface area is 109 Å². The van der Waals surface area contributed by atoms with E-state index in [1.807, 2.05) is 12.1 Å². The molecule has 0 aliphatic carbocycles. The lowest BCUT2D eigenvalue weighted by molar-refractivity contribution is 0.0972. The van der Waals surface area contributed by atoms with Gasteiger partial charge in [-0.2, -0.15) is 0 Å². The molecule has 3 rings (SSSR count). The molecular weight excluding hydrogens is 282 g/mol. The molecule has 0 spiro atoms. The number of aromatic hydroxyl groups is 1. The fraction of sp³-hybridized carbons (Fsp3) is 0.538. The van der Waals surface area contributed by atoms with Gasteiger partial charge in [-0.25, -0.2) is 0 Å². The van der Waals surface area contributed by atoms with E-state index in [1.165, 1.54) is 12.8 Å². The van der Waals surface area contributed by atoms with E-state index >= 15 is 0 Å². The van der Waals surface area contributed by atoms with Gasteiger partial charge in [-0.3, -0.25) is 0 Å². The highest BCUT2D eigenvalue weighted by molar-refractivity contribution is 9.10. The Morgan fingerprint density at radius 3 is 3.00 bits per heavy atom. The van der Waals surface area contributed by atoms with Crippen LogP contribution in [-0.2, 0) is 11.3 Å². The van der Waals surface area contributed by atoms with Crippen molar-refractivity contribution < 1.29 is 9.84 Å². The van der Waals surface area contributed by atoms with Gasteiger partial charge in [0.2, 0.25) is 0 Å². The van der Waals surface area contributed by atoms with Crippen molar-refractivity contribution in [3.63, 3.8) is 0 Å². The van der Waals surface area contributed by atoms with Crippen LogP contribution in [0.5, 0.6) is 5.75 Å². The van der Waals surface area contributed by atoms with Crippen molar-refractivity contribution >= 4 is 15.9 Å². The summed E-state index contributed by atoms with van der Waals surface area (Å²) in [6, 6.07) is 5.97. The Hall–Kier alpha value is -0.580. The smallest absolute Gasteiger partial charge is 0.120 e.